The summed E-state index contributed by atoms with van der Waals surface area (Å²) in [4.78, 5) is 0. The SMILES string of the molecule is OC1(F)CCC(F)(F)C(F)(F)C1(F)F. The van der Waals surface area contributed by atoms with E-state index in [9.17, 15) is 30.7 Å². The van der Waals surface area contributed by atoms with Gasteiger partial charge in [-0.25, -0.2) is 4.39 Å². The topological polar surface area (TPSA) is 20.2 Å². The van der Waals surface area contributed by atoms with Gasteiger partial charge in [0, 0.05) is 12.8 Å². The van der Waals surface area contributed by atoms with Gasteiger partial charge in [-0.3, -0.25) is 0 Å². The maximum atomic E-state index is 12.5. The summed E-state index contributed by atoms with van der Waals surface area (Å²) in [6, 6.07) is 0. The first-order chi connectivity index (χ1) is 5.96. The molecular formula is C6H5F7O. The summed E-state index contributed by atoms with van der Waals surface area (Å²) >= 11 is 0. The van der Waals surface area contributed by atoms with Crippen molar-refractivity contribution in [3.05, 3.63) is 0 Å². The van der Waals surface area contributed by atoms with E-state index >= 15 is 0 Å². The van der Waals surface area contributed by atoms with Gasteiger partial charge in [-0.15, -0.1) is 0 Å². The number of hydrogen-bond acceptors (Lipinski definition) is 1. The Balaban J connectivity index is 3.20. The third kappa shape index (κ3) is 1.12. The van der Waals surface area contributed by atoms with Gasteiger partial charge in [0.05, 0.1) is 0 Å². The molecule has 0 bridgehead atoms. The largest absolute Gasteiger partial charge is 0.377 e. The Morgan fingerprint density at radius 3 is 1.50 bits per heavy atom. The van der Waals surface area contributed by atoms with Crippen molar-refractivity contribution >= 4 is 0 Å². The Kier molecular flexibility index (Phi) is 2.09. The molecule has 0 amide bonds. The molecule has 1 atom stereocenters. The van der Waals surface area contributed by atoms with Crippen LogP contribution in [0.1, 0.15) is 12.8 Å². The molecule has 0 heterocycles. The van der Waals surface area contributed by atoms with Crippen LogP contribution in [0.25, 0.3) is 0 Å². The Labute approximate surface area is 73.5 Å². The van der Waals surface area contributed by atoms with Crippen molar-refractivity contribution in [3.63, 3.8) is 0 Å². The first kappa shape index (κ1) is 11.5. The lowest BCUT2D eigenvalue weighted by Gasteiger charge is -2.42. The molecule has 8 heteroatoms. The summed E-state index contributed by atoms with van der Waals surface area (Å²) < 4.78 is 86.6. The molecule has 0 aromatic carbocycles. The average molecular weight is 226 g/mol. The smallest absolute Gasteiger partial charge is 0.357 e. The molecule has 0 aliphatic heterocycles. The molecule has 1 N–H and O–H groups in total. The molecule has 0 aromatic rings. The molecule has 14 heavy (non-hydrogen) atoms. The van der Waals surface area contributed by atoms with Crippen molar-refractivity contribution in [2.24, 2.45) is 0 Å². The van der Waals surface area contributed by atoms with Gasteiger partial charge >= 0.3 is 17.8 Å². The molecule has 1 fully saturated rings. The summed E-state index contributed by atoms with van der Waals surface area (Å²) in [5, 5.41) is 8.24. The highest BCUT2D eigenvalue weighted by molar-refractivity contribution is 5.07. The lowest BCUT2D eigenvalue weighted by molar-refractivity contribution is -0.408. The predicted octanol–water partition coefficient (Wildman–Crippen LogP) is 2.34. The van der Waals surface area contributed by atoms with Crippen LogP contribution in [0.2, 0.25) is 0 Å². The van der Waals surface area contributed by atoms with Crippen LogP contribution in [0.15, 0.2) is 0 Å². The fourth-order valence-electron chi connectivity index (χ4n) is 1.11. The minimum atomic E-state index is -5.89. The molecule has 0 aromatic heterocycles. The molecular weight excluding hydrogens is 221 g/mol. The van der Waals surface area contributed by atoms with E-state index in [1.165, 1.54) is 0 Å². The van der Waals surface area contributed by atoms with E-state index in [1.807, 2.05) is 0 Å². The zero-order valence-electron chi connectivity index (χ0n) is 6.51. The molecule has 1 rings (SSSR count). The Morgan fingerprint density at radius 2 is 1.14 bits per heavy atom. The minimum absolute atomic E-state index is 1.73. The number of aliphatic hydroxyl groups is 1. The van der Waals surface area contributed by atoms with Crippen LogP contribution in [0.5, 0.6) is 0 Å². The van der Waals surface area contributed by atoms with E-state index in [2.05, 4.69) is 0 Å². The van der Waals surface area contributed by atoms with E-state index in [0.29, 0.717) is 0 Å². The predicted molar refractivity (Wildman–Crippen MR) is 30.1 cm³/mol. The Bertz CT molecular complexity index is 221. The number of alkyl halides is 7. The van der Waals surface area contributed by atoms with Crippen LogP contribution in [-0.4, -0.2) is 28.7 Å². The normalized spacial score (nSPS) is 39.4. The number of hydrogen-bond donors (Lipinski definition) is 1. The van der Waals surface area contributed by atoms with Gasteiger partial charge < -0.3 is 5.11 Å². The van der Waals surface area contributed by atoms with Gasteiger partial charge in [0.1, 0.15) is 0 Å². The summed E-state index contributed by atoms with van der Waals surface area (Å²) in [6.45, 7) is 0. The summed E-state index contributed by atoms with van der Waals surface area (Å²) in [5.74, 6) is -21.3. The first-order valence-corrected chi connectivity index (χ1v) is 3.50. The second kappa shape index (κ2) is 2.53. The van der Waals surface area contributed by atoms with E-state index in [1.54, 1.807) is 0 Å². The quantitative estimate of drug-likeness (QED) is 0.628. The lowest BCUT2D eigenvalue weighted by Crippen LogP contribution is -2.67. The third-order valence-electron chi connectivity index (χ3n) is 2.11. The van der Waals surface area contributed by atoms with E-state index in [0.717, 1.165) is 0 Å². The molecule has 1 saturated carbocycles. The van der Waals surface area contributed by atoms with E-state index < -0.39 is 36.5 Å². The average Bonchev–Trinajstić information content (AvgIpc) is 1.98. The maximum Gasteiger partial charge on any atom is 0.377 e. The highest BCUT2D eigenvalue weighted by Crippen LogP contribution is 2.57. The van der Waals surface area contributed by atoms with Gasteiger partial charge in [0.2, 0.25) is 0 Å². The summed E-state index contributed by atoms with van der Waals surface area (Å²) in [5.41, 5.74) is 0. The maximum absolute atomic E-state index is 12.5. The molecule has 1 aliphatic carbocycles. The van der Waals surface area contributed by atoms with Gasteiger partial charge in [0.15, 0.2) is 0 Å². The van der Waals surface area contributed by atoms with E-state index in [4.69, 9.17) is 5.11 Å². The molecule has 0 spiro atoms. The minimum Gasteiger partial charge on any atom is -0.357 e. The summed E-state index contributed by atoms with van der Waals surface area (Å²) in [7, 11) is 0. The molecule has 1 unspecified atom stereocenters. The monoisotopic (exact) mass is 226 g/mol. The van der Waals surface area contributed by atoms with Gasteiger partial charge in [-0.05, 0) is 0 Å². The molecule has 1 aliphatic rings. The van der Waals surface area contributed by atoms with Crippen molar-refractivity contribution < 1.29 is 35.8 Å². The standard InChI is InChI=1S/C6H5F7O/c7-3(8)1-2-4(9,14)6(12,13)5(3,10)11/h14H,1-2H2. The van der Waals surface area contributed by atoms with Crippen LogP contribution in [-0.2, 0) is 0 Å². The Hall–Kier alpha value is -0.530. The van der Waals surface area contributed by atoms with Crippen LogP contribution < -0.4 is 0 Å². The van der Waals surface area contributed by atoms with Crippen molar-refractivity contribution in [2.45, 2.75) is 36.5 Å². The molecule has 84 valence electrons. The van der Waals surface area contributed by atoms with Gasteiger partial charge in [-0.2, -0.15) is 26.3 Å². The highest BCUT2D eigenvalue weighted by Gasteiger charge is 2.82. The van der Waals surface area contributed by atoms with Gasteiger partial charge in [-0.1, -0.05) is 0 Å². The van der Waals surface area contributed by atoms with Gasteiger partial charge in [0.25, 0.3) is 5.85 Å². The number of rotatable bonds is 0. The zero-order valence-corrected chi connectivity index (χ0v) is 6.51. The van der Waals surface area contributed by atoms with Crippen molar-refractivity contribution in [1.82, 2.24) is 0 Å². The van der Waals surface area contributed by atoms with E-state index in [-0.39, 0.29) is 0 Å². The molecule has 1 nitrogen and oxygen atoms in total. The highest BCUT2D eigenvalue weighted by atomic mass is 19.3. The molecule has 0 saturated heterocycles. The Morgan fingerprint density at radius 1 is 0.714 bits per heavy atom. The van der Waals surface area contributed by atoms with Crippen LogP contribution >= 0.6 is 0 Å². The van der Waals surface area contributed by atoms with Crippen LogP contribution in [0.3, 0.4) is 0 Å². The second-order valence-corrected chi connectivity index (χ2v) is 3.11. The van der Waals surface area contributed by atoms with Crippen molar-refractivity contribution in [1.29, 1.82) is 0 Å². The lowest BCUT2D eigenvalue weighted by atomic mass is 9.85. The third-order valence-corrected chi connectivity index (χ3v) is 2.11. The zero-order chi connectivity index (χ0) is 11.4. The van der Waals surface area contributed by atoms with Crippen LogP contribution in [0, 0.1) is 0 Å². The first-order valence-electron chi connectivity index (χ1n) is 3.50. The van der Waals surface area contributed by atoms with Crippen molar-refractivity contribution in [3.8, 4) is 0 Å². The summed E-state index contributed by atoms with van der Waals surface area (Å²) in [6.07, 6.45) is -3.56. The number of halogens is 7. The molecule has 0 radical (unpaired) electrons. The van der Waals surface area contributed by atoms with Crippen LogP contribution in [0.4, 0.5) is 30.7 Å². The fourth-order valence-corrected chi connectivity index (χ4v) is 1.11. The fraction of sp³-hybridized carbons (Fsp3) is 1.00. The second-order valence-electron chi connectivity index (χ2n) is 3.11. The van der Waals surface area contributed by atoms with Crippen molar-refractivity contribution in [2.75, 3.05) is 0 Å².